The fourth-order valence-corrected chi connectivity index (χ4v) is 4.47. The molecular formula is C17H18Br2N2. The van der Waals surface area contributed by atoms with E-state index in [0.29, 0.717) is 6.04 Å². The number of hydrogen-bond acceptors (Lipinski definition) is 2. The Morgan fingerprint density at radius 1 is 1.14 bits per heavy atom. The molecule has 0 saturated carbocycles. The molecule has 1 unspecified atom stereocenters. The second-order valence-corrected chi connectivity index (χ2v) is 7.17. The van der Waals surface area contributed by atoms with Crippen molar-refractivity contribution in [2.24, 2.45) is 0 Å². The molecule has 4 heteroatoms. The van der Waals surface area contributed by atoms with E-state index in [2.05, 4.69) is 85.8 Å². The van der Waals surface area contributed by atoms with Crippen molar-refractivity contribution in [1.82, 2.24) is 5.32 Å². The highest BCUT2D eigenvalue weighted by atomic mass is 79.9. The van der Waals surface area contributed by atoms with Gasteiger partial charge in [-0.2, -0.15) is 0 Å². The van der Waals surface area contributed by atoms with Crippen LogP contribution in [0.3, 0.4) is 0 Å². The quantitative estimate of drug-likeness (QED) is 0.715. The first-order valence-electron chi connectivity index (χ1n) is 7.16. The van der Waals surface area contributed by atoms with Gasteiger partial charge >= 0.3 is 0 Å². The Morgan fingerprint density at radius 2 is 1.86 bits per heavy atom. The maximum Gasteiger partial charge on any atom is 0.0634 e. The van der Waals surface area contributed by atoms with E-state index in [1.54, 1.807) is 0 Å². The third kappa shape index (κ3) is 3.33. The topological polar surface area (TPSA) is 24.1 Å². The molecule has 1 aliphatic heterocycles. The Hall–Kier alpha value is -0.840. The lowest BCUT2D eigenvalue weighted by atomic mass is 9.99. The van der Waals surface area contributed by atoms with Gasteiger partial charge in [-0.1, -0.05) is 24.3 Å². The molecule has 1 aliphatic rings. The van der Waals surface area contributed by atoms with Crippen LogP contribution in [-0.4, -0.2) is 6.54 Å². The minimum Gasteiger partial charge on any atom is -0.376 e. The Balaban J connectivity index is 1.95. The second kappa shape index (κ2) is 6.51. The van der Waals surface area contributed by atoms with Crippen LogP contribution in [0.4, 0.5) is 5.69 Å². The molecule has 0 aliphatic carbocycles. The Bertz CT molecular complexity index is 632. The van der Waals surface area contributed by atoms with Gasteiger partial charge in [0, 0.05) is 15.5 Å². The van der Waals surface area contributed by atoms with Gasteiger partial charge in [-0.15, -0.1) is 0 Å². The molecular weight excluding hydrogens is 392 g/mol. The molecule has 0 spiro atoms. The number of nitrogens with one attached hydrogen (secondary N) is 2. The molecule has 0 radical (unpaired) electrons. The van der Waals surface area contributed by atoms with Crippen molar-refractivity contribution in [3.8, 4) is 0 Å². The maximum absolute atomic E-state index is 3.71. The summed E-state index contributed by atoms with van der Waals surface area (Å²) in [7, 11) is 0. The van der Waals surface area contributed by atoms with Gasteiger partial charge in [-0.05, 0) is 80.6 Å². The average Bonchev–Trinajstić information content (AvgIpc) is 2.65. The molecule has 2 aromatic rings. The highest BCUT2D eigenvalue weighted by Crippen LogP contribution is 2.36. The van der Waals surface area contributed by atoms with E-state index in [4.69, 9.17) is 0 Å². The molecule has 3 rings (SSSR count). The molecule has 0 amide bonds. The normalized spacial score (nSPS) is 18.0. The molecule has 0 fully saturated rings. The zero-order valence-electron chi connectivity index (χ0n) is 11.9. The SMILES string of the molecule is Cc1cc(Br)c(NC2CCNCc3ccccc32)c(Br)c1. The summed E-state index contributed by atoms with van der Waals surface area (Å²) in [4.78, 5) is 0. The number of hydrogen-bond donors (Lipinski definition) is 2. The number of halogens is 2. The van der Waals surface area contributed by atoms with E-state index in [-0.39, 0.29) is 0 Å². The van der Waals surface area contributed by atoms with Gasteiger partial charge in [0.05, 0.1) is 11.7 Å². The molecule has 21 heavy (non-hydrogen) atoms. The van der Waals surface area contributed by atoms with Crippen LogP contribution in [0.2, 0.25) is 0 Å². The minimum atomic E-state index is 0.325. The van der Waals surface area contributed by atoms with Gasteiger partial charge in [0.1, 0.15) is 0 Å². The number of rotatable bonds is 2. The Morgan fingerprint density at radius 3 is 2.62 bits per heavy atom. The van der Waals surface area contributed by atoms with Gasteiger partial charge in [-0.3, -0.25) is 0 Å². The van der Waals surface area contributed by atoms with E-state index < -0.39 is 0 Å². The Labute approximate surface area is 142 Å². The molecule has 1 atom stereocenters. The Kier molecular flexibility index (Phi) is 4.67. The zero-order valence-corrected chi connectivity index (χ0v) is 15.1. The third-order valence-electron chi connectivity index (χ3n) is 3.86. The van der Waals surface area contributed by atoms with Crippen LogP contribution in [-0.2, 0) is 6.54 Å². The number of anilines is 1. The van der Waals surface area contributed by atoms with Crippen LogP contribution in [0.15, 0.2) is 45.3 Å². The first-order chi connectivity index (χ1) is 10.1. The van der Waals surface area contributed by atoms with Crippen LogP contribution in [0.1, 0.15) is 29.2 Å². The van der Waals surface area contributed by atoms with Crippen molar-refractivity contribution < 1.29 is 0 Å². The van der Waals surface area contributed by atoms with Crippen molar-refractivity contribution in [3.05, 3.63) is 62.0 Å². The smallest absolute Gasteiger partial charge is 0.0634 e. The van der Waals surface area contributed by atoms with Crippen LogP contribution in [0.5, 0.6) is 0 Å². The summed E-state index contributed by atoms with van der Waals surface area (Å²) in [5, 5.41) is 7.20. The van der Waals surface area contributed by atoms with Crippen LogP contribution >= 0.6 is 31.9 Å². The molecule has 2 N–H and O–H groups in total. The second-order valence-electron chi connectivity index (χ2n) is 5.46. The predicted octanol–water partition coefficient (Wildman–Crippen LogP) is 5.17. The third-order valence-corrected chi connectivity index (χ3v) is 5.11. The van der Waals surface area contributed by atoms with E-state index in [0.717, 1.165) is 34.1 Å². The average molecular weight is 410 g/mol. The van der Waals surface area contributed by atoms with Crippen molar-refractivity contribution in [2.45, 2.75) is 25.9 Å². The molecule has 1 heterocycles. The van der Waals surface area contributed by atoms with Crippen molar-refractivity contribution in [3.63, 3.8) is 0 Å². The molecule has 0 aromatic heterocycles. The van der Waals surface area contributed by atoms with E-state index in [1.807, 2.05) is 0 Å². The lowest BCUT2D eigenvalue weighted by molar-refractivity contribution is 0.637. The zero-order chi connectivity index (χ0) is 14.8. The first kappa shape index (κ1) is 15.1. The molecule has 2 aromatic carbocycles. The summed E-state index contributed by atoms with van der Waals surface area (Å²) < 4.78 is 2.20. The number of aryl methyl sites for hydroxylation is 1. The maximum atomic E-state index is 3.71. The summed E-state index contributed by atoms with van der Waals surface area (Å²) >= 11 is 7.35. The van der Waals surface area contributed by atoms with Crippen molar-refractivity contribution in [1.29, 1.82) is 0 Å². The van der Waals surface area contributed by atoms with E-state index in [9.17, 15) is 0 Å². The monoisotopic (exact) mass is 408 g/mol. The summed E-state index contributed by atoms with van der Waals surface area (Å²) in [6.07, 6.45) is 1.07. The van der Waals surface area contributed by atoms with Crippen LogP contribution in [0, 0.1) is 6.92 Å². The van der Waals surface area contributed by atoms with Crippen molar-refractivity contribution in [2.75, 3.05) is 11.9 Å². The highest BCUT2D eigenvalue weighted by Gasteiger charge is 2.19. The summed E-state index contributed by atoms with van der Waals surface area (Å²) in [5.74, 6) is 0. The minimum absolute atomic E-state index is 0.325. The summed E-state index contributed by atoms with van der Waals surface area (Å²) in [6, 6.07) is 13.3. The van der Waals surface area contributed by atoms with E-state index >= 15 is 0 Å². The fraction of sp³-hybridized carbons (Fsp3) is 0.294. The van der Waals surface area contributed by atoms with Crippen LogP contribution < -0.4 is 10.6 Å². The number of fused-ring (bicyclic) bond motifs is 1. The number of benzene rings is 2. The highest BCUT2D eigenvalue weighted by molar-refractivity contribution is 9.11. The van der Waals surface area contributed by atoms with Gasteiger partial charge in [0.25, 0.3) is 0 Å². The van der Waals surface area contributed by atoms with Gasteiger partial charge in [0.15, 0.2) is 0 Å². The summed E-state index contributed by atoms with van der Waals surface area (Å²) in [6.45, 7) is 4.07. The molecule has 110 valence electrons. The van der Waals surface area contributed by atoms with Gasteiger partial charge in [-0.25, -0.2) is 0 Å². The summed E-state index contributed by atoms with van der Waals surface area (Å²) in [5.41, 5.74) is 5.14. The van der Waals surface area contributed by atoms with Gasteiger partial charge < -0.3 is 10.6 Å². The van der Waals surface area contributed by atoms with E-state index in [1.165, 1.54) is 16.7 Å². The lowest BCUT2D eigenvalue weighted by Gasteiger charge is -2.22. The lowest BCUT2D eigenvalue weighted by Crippen LogP contribution is -2.15. The standard InChI is InChI=1S/C17H18Br2N2/c1-11-8-14(18)17(15(19)9-11)21-16-6-7-20-10-12-4-2-3-5-13(12)16/h2-5,8-9,16,20-21H,6-7,10H2,1H3. The largest absolute Gasteiger partial charge is 0.376 e. The molecule has 2 nitrogen and oxygen atoms in total. The predicted molar refractivity (Wildman–Crippen MR) is 95.7 cm³/mol. The first-order valence-corrected chi connectivity index (χ1v) is 8.74. The molecule has 0 saturated heterocycles. The fourth-order valence-electron chi connectivity index (χ4n) is 2.82. The van der Waals surface area contributed by atoms with Crippen LogP contribution in [0.25, 0.3) is 0 Å². The molecule has 0 bridgehead atoms. The van der Waals surface area contributed by atoms with Gasteiger partial charge in [0.2, 0.25) is 0 Å². The van der Waals surface area contributed by atoms with Crippen molar-refractivity contribution >= 4 is 37.5 Å².